The van der Waals surface area contributed by atoms with Crippen molar-refractivity contribution in [3.05, 3.63) is 35.4 Å². The summed E-state index contributed by atoms with van der Waals surface area (Å²) in [6.45, 7) is 3.77. The van der Waals surface area contributed by atoms with Gasteiger partial charge in [-0.3, -0.25) is 0 Å². The lowest BCUT2D eigenvalue weighted by molar-refractivity contribution is -0.480. The molecule has 1 N–H and O–H groups in total. The quantitative estimate of drug-likeness (QED) is 0.812. The Labute approximate surface area is 134 Å². The Hall–Kier alpha value is -1.08. The van der Waals surface area contributed by atoms with Gasteiger partial charge >= 0.3 is 12.1 Å². The summed E-state index contributed by atoms with van der Waals surface area (Å²) in [5.41, 5.74) is -0.0554. The number of aliphatic hydroxyl groups is 1. The fourth-order valence-electron chi connectivity index (χ4n) is 3.09. The van der Waals surface area contributed by atoms with Crippen LogP contribution >= 0.6 is 0 Å². The van der Waals surface area contributed by atoms with Crippen LogP contribution in [-0.4, -0.2) is 24.9 Å². The smallest absolute Gasteiger partial charge is 0.332 e. The maximum Gasteiger partial charge on any atom is 0.380 e. The normalized spacial score (nSPS) is 30.6. The van der Waals surface area contributed by atoms with Crippen LogP contribution in [0.2, 0.25) is 0 Å². The minimum Gasteiger partial charge on any atom is -0.332 e. The predicted octanol–water partition coefficient (Wildman–Crippen LogP) is 3.48. The minimum atomic E-state index is -3.85. The summed E-state index contributed by atoms with van der Waals surface area (Å²) in [6.07, 6.45) is 0.576. The van der Waals surface area contributed by atoms with Crippen LogP contribution in [0, 0.1) is 5.41 Å². The number of alkyl halides is 2. The zero-order valence-corrected chi connectivity index (χ0v) is 13.2. The van der Waals surface area contributed by atoms with Crippen LogP contribution in [0.4, 0.5) is 8.78 Å². The highest BCUT2D eigenvalue weighted by Gasteiger charge is 2.53. The zero-order chi connectivity index (χ0) is 16.6. The summed E-state index contributed by atoms with van der Waals surface area (Å²) < 4.78 is 43.2. The molecular weight excluding hydrogens is 306 g/mol. The first-order valence-electron chi connectivity index (χ1n) is 8.02. The monoisotopic (exact) mass is 328 g/mol. The third-order valence-corrected chi connectivity index (χ3v) is 4.60. The third kappa shape index (κ3) is 3.26. The lowest BCUT2D eigenvalue weighted by Crippen LogP contribution is -2.58. The van der Waals surface area contributed by atoms with Crippen molar-refractivity contribution in [2.45, 2.75) is 44.7 Å². The van der Waals surface area contributed by atoms with Gasteiger partial charge in [0.05, 0.1) is 25.4 Å². The van der Waals surface area contributed by atoms with E-state index in [-0.39, 0.29) is 5.41 Å². The maximum atomic E-state index is 12.9. The average Bonchev–Trinajstić information content (AvgIpc) is 2.56. The molecule has 0 aromatic heterocycles. The molecule has 23 heavy (non-hydrogen) atoms. The molecule has 0 atom stereocenters. The van der Waals surface area contributed by atoms with Gasteiger partial charge in [-0.25, -0.2) is 0 Å². The summed E-state index contributed by atoms with van der Waals surface area (Å²) in [7, 11) is 0. The van der Waals surface area contributed by atoms with E-state index in [0.29, 0.717) is 25.4 Å². The molecule has 1 aromatic carbocycles. The van der Waals surface area contributed by atoms with Gasteiger partial charge < -0.3 is 19.3 Å². The van der Waals surface area contributed by atoms with Crippen LogP contribution in [0.15, 0.2) is 24.3 Å². The second kappa shape index (κ2) is 6.09. The van der Waals surface area contributed by atoms with Gasteiger partial charge in [0.2, 0.25) is 0 Å². The van der Waals surface area contributed by atoms with Crippen LogP contribution in [0.25, 0.3) is 0 Å². The van der Waals surface area contributed by atoms with Gasteiger partial charge in [-0.2, -0.15) is 8.78 Å². The summed E-state index contributed by atoms with van der Waals surface area (Å²) >= 11 is 0. The summed E-state index contributed by atoms with van der Waals surface area (Å²) in [5.74, 6) is -1.31. The van der Waals surface area contributed by atoms with Crippen molar-refractivity contribution in [2.24, 2.45) is 5.41 Å². The number of unbranched alkanes of at least 4 members (excludes halogenated alkanes) is 2. The highest BCUT2D eigenvalue weighted by atomic mass is 19.3. The molecule has 4 nitrogen and oxygen atoms in total. The van der Waals surface area contributed by atoms with Crippen molar-refractivity contribution in [1.82, 2.24) is 0 Å². The first-order chi connectivity index (χ1) is 10.9. The molecule has 0 radical (unpaired) electrons. The molecule has 3 saturated heterocycles. The summed E-state index contributed by atoms with van der Waals surface area (Å²) in [6, 6.07) is 5.18. The molecule has 0 aliphatic carbocycles. The molecule has 0 unspecified atom stereocenters. The Morgan fingerprint density at radius 2 is 1.61 bits per heavy atom. The van der Waals surface area contributed by atoms with Crippen LogP contribution < -0.4 is 0 Å². The van der Waals surface area contributed by atoms with E-state index >= 15 is 0 Å². The van der Waals surface area contributed by atoms with E-state index in [1.54, 1.807) is 0 Å². The molecule has 3 heterocycles. The van der Waals surface area contributed by atoms with Gasteiger partial charge in [-0.05, 0) is 18.6 Å². The van der Waals surface area contributed by atoms with Crippen molar-refractivity contribution in [3.8, 4) is 0 Å². The average molecular weight is 328 g/mol. The van der Waals surface area contributed by atoms with E-state index in [1.807, 2.05) is 0 Å². The van der Waals surface area contributed by atoms with Crippen molar-refractivity contribution < 1.29 is 28.1 Å². The van der Waals surface area contributed by atoms with Gasteiger partial charge in [0.1, 0.15) is 0 Å². The summed E-state index contributed by atoms with van der Waals surface area (Å²) in [4.78, 5) is 0. The number of halogens is 2. The molecule has 3 aliphatic heterocycles. The van der Waals surface area contributed by atoms with Crippen molar-refractivity contribution in [2.75, 3.05) is 19.8 Å². The van der Waals surface area contributed by atoms with Gasteiger partial charge in [0.25, 0.3) is 0 Å². The van der Waals surface area contributed by atoms with E-state index in [0.717, 1.165) is 31.4 Å². The lowest BCUT2D eigenvalue weighted by Gasteiger charge is -2.52. The second-order valence-corrected chi connectivity index (χ2v) is 6.50. The Kier molecular flexibility index (Phi) is 4.44. The highest BCUT2D eigenvalue weighted by Crippen LogP contribution is 2.46. The zero-order valence-electron chi connectivity index (χ0n) is 13.2. The van der Waals surface area contributed by atoms with Gasteiger partial charge in [-0.15, -0.1) is 0 Å². The summed E-state index contributed by atoms with van der Waals surface area (Å²) in [5, 5.41) is 8.73. The fourth-order valence-corrected chi connectivity index (χ4v) is 3.09. The Bertz CT molecular complexity index is 514. The van der Waals surface area contributed by atoms with Crippen LogP contribution in [0.5, 0.6) is 0 Å². The first-order valence-corrected chi connectivity index (χ1v) is 8.02. The molecule has 0 saturated carbocycles. The fraction of sp³-hybridized carbons (Fsp3) is 0.647. The maximum absolute atomic E-state index is 12.9. The second-order valence-electron chi connectivity index (χ2n) is 6.50. The Morgan fingerprint density at radius 3 is 2.09 bits per heavy atom. The predicted molar refractivity (Wildman–Crippen MR) is 78.7 cm³/mol. The molecule has 4 rings (SSSR count). The topological polar surface area (TPSA) is 47.9 Å². The highest BCUT2D eigenvalue weighted by molar-refractivity contribution is 5.27. The molecule has 1 aromatic rings. The van der Waals surface area contributed by atoms with E-state index in [4.69, 9.17) is 19.3 Å². The third-order valence-electron chi connectivity index (χ3n) is 4.60. The molecule has 3 fully saturated rings. The van der Waals surface area contributed by atoms with Crippen LogP contribution in [0.1, 0.15) is 43.7 Å². The van der Waals surface area contributed by atoms with Crippen molar-refractivity contribution >= 4 is 0 Å². The molecule has 0 amide bonds. The molecule has 0 spiro atoms. The largest absolute Gasteiger partial charge is 0.380 e. The van der Waals surface area contributed by atoms with Crippen molar-refractivity contribution in [3.63, 3.8) is 0 Å². The van der Waals surface area contributed by atoms with Crippen LogP contribution in [0.3, 0.4) is 0 Å². The van der Waals surface area contributed by atoms with E-state index in [9.17, 15) is 8.78 Å². The number of fused-ring (bicyclic) bond motifs is 3. The number of rotatable bonds is 6. The van der Waals surface area contributed by atoms with Gasteiger partial charge in [-0.1, -0.05) is 38.3 Å². The van der Waals surface area contributed by atoms with E-state index in [2.05, 4.69) is 6.92 Å². The molecule has 3 aliphatic rings. The number of hydrogen-bond acceptors (Lipinski definition) is 4. The lowest BCUT2D eigenvalue weighted by atomic mass is 9.83. The van der Waals surface area contributed by atoms with E-state index < -0.39 is 17.6 Å². The molecule has 128 valence electrons. The standard InChI is InChI=1S/C17H22F2O4/c1-2-3-4-9-15-10-21-17(22-11-15,23-12-15)14-7-5-13(6-8-14)16(18,19)20/h5-8,20H,2-4,9-12H2,1H3. The Balaban J connectivity index is 1.69. The van der Waals surface area contributed by atoms with Gasteiger partial charge in [0, 0.05) is 11.0 Å². The number of hydrogen-bond donors (Lipinski definition) is 1. The molecule has 6 heteroatoms. The number of ether oxygens (including phenoxy) is 3. The van der Waals surface area contributed by atoms with E-state index in [1.165, 1.54) is 18.6 Å². The Morgan fingerprint density at radius 1 is 1.04 bits per heavy atom. The SMILES string of the molecule is CCCCCC12COC(c3ccc(C(O)(F)F)cc3)(OC1)OC2. The first kappa shape index (κ1) is 16.8. The molecule has 2 bridgehead atoms. The minimum absolute atomic E-state index is 0.102. The number of benzene rings is 1. The van der Waals surface area contributed by atoms with Crippen molar-refractivity contribution in [1.29, 1.82) is 0 Å². The van der Waals surface area contributed by atoms with Gasteiger partial charge in [0.15, 0.2) is 0 Å². The molecular formula is C17H22F2O4. The van der Waals surface area contributed by atoms with Crippen LogP contribution in [-0.2, 0) is 26.3 Å².